The molecule has 0 aromatic carbocycles. The molecule has 194 valence electrons. The van der Waals surface area contributed by atoms with E-state index in [4.69, 9.17) is 9.47 Å². The second-order valence-corrected chi connectivity index (χ2v) is 12.4. The zero-order valence-electron chi connectivity index (χ0n) is 20.6. The van der Waals surface area contributed by atoms with E-state index >= 15 is 0 Å². The number of esters is 1. The molecule has 35 heavy (non-hydrogen) atoms. The van der Waals surface area contributed by atoms with Crippen molar-refractivity contribution in [2.24, 2.45) is 22.7 Å². The molecular formula is C25H35NO9. The molecule has 10 heteroatoms. The summed E-state index contributed by atoms with van der Waals surface area (Å²) in [6, 6.07) is 3.06. The third-order valence-electron chi connectivity index (χ3n) is 11.3. The number of hydrogen-bond acceptors (Lipinski definition) is 9. The van der Waals surface area contributed by atoms with E-state index in [1.165, 1.54) is 26.1 Å². The SMILES string of the molecule is CC(C)[C@]1(O)C(OC(=O)c2ccc[nH]2)[C@@]2(O)[C@@]3(C)CC4(O)OC5([C@H](O)[C@@H](C)CC[C@@]53O)[C@@]2(O)[C@]41C. The second kappa shape index (κ2) is 5.96. The van der Waals surface area contributed by atoms with Crippen LogP contribution in [0.15, 0.2) is 18.3 Å². The minimum absolute atomic E-state index is 0.0654. The third-order valence-corrected chi connectivity index (χ3v) is 11.3. The van der Waals surface area contributed by atoms with E-state index in [1.54, 1.807) is 26.8 Å². The van der Waals surface area contributed by atoms with E-state index in [1.807, 2.05) is 0 Å². The van der Waals surface area contributed by atoms with E-state index in [9.17, 15) is 35.4 Å². The number of carbonyl (C=O) groups excluding carboxylic acids is 1. The summed E-state index contributed by atoms with van der Waals surface area (Å²) >= 11 is 0. The number of nitrogens with one attached hydrogen (secondary N) is 1. The number of rotatable bonds is 3. The Balaban J connectivity index is 1.69. The van der Waals surface area contributed by atoms with Gasteiger partial charge in [0.15, 0.2) is 17.5 Å². The highest BCUT2D eigenvalue weighted by Gasteiger charge is 3.10. The number of carbonyl (C=O) groups is 1. The minimum atomic E-state index is -2.59. The first kappa shape index (κ1) is 23.8. The van der Waals surface area contributed by atoms with Crippen molar-refractivity contribution in [1.82, 2.24) is 4.98 Å². The number of aliphatic hydroxyl groups is 6. The van der Waals surface area contributed by atoms with Gasteiger partial charge in [-0.3, -0.25) is 0 Å². The number of aliphatic hydroxyl groups excluding tert-OH is 1. The summed E-state index contributed by atoms with van der Waals surface area (Å²) in [7, 11) is 0. The summed E-state index contributed by atoms with van der Waals surface area (Å²) in [4.78, 5) is 15.9. The molecule has 4 aliphatic carbocycles. The van der Waals surface area contributed by atoms with Gasteiger partial charge in [-0.05, 0) is 43.7 Å². The molecule has 4 saturated carbocycles. The molecule has 1 spiro atoms. The lowest BCUT2D eigenvalue weighted by Crippen LogP contribution is -2.75. The number of hydrogen-bond donors (Lipinski definition) is 7. The Morgan fingerprint density at radius 1 is 1.20 bits per heavy atom. The Kier molecular flexibility index (Phi) is 4.06. The van der Waals surface area contributed by atoms with Crippen molar-refractivity contribution in [2.75, 3.05) is 0 Å². The van der Waals surface area contributed by atoms with Gasteiger partial charge in [-0.2, -0.15) is 0 Å². The first-order valence-electron chi connectivity index (χ1n) is 12.4. The molecule has 1 aromatic heterocycles. The molecule has 1 aromatic rings. The molecule has 3 heterocycles. The number of aromatic amines is 1. The van der Waals surface area contributed by atoms with Crippen LogP contribution in [0.3, 0.4) is 0 Å². The normalized spacial score (nSPS) is 59.8. The Labute approximate surface area is 202 Å². The molecular weight excluding hydrogens is 458 g/mol. The van der Waals surface area contributed by atoms with Crippen LogP contribution in [0, 0.1) is 22.7 Å². The highest BCUT2D eigenvalue weighted by molar-refractivity contribution is 5.87. The maximum absolute atomic E-state index is 13.2. The molecule has 6 bridgehead atoms. The van der Waals surface area contributed by atoms with Crippen molar-refractivity contribution in [3.63, 3.8) is 0 Å². The number of ether oxygens (including phenoxy) is 2. The average molecular weight is 494 g/mol. The quantitative estimate of drug-likeness (QED) is 0.282. The highest BCUT2D eigenvalue weighted by atomic mass is 16.7. The summed E-state index contributed by atoms with van der Waals surface area (Å²) in [5, 5.41) is 73.9. The van der Waals surface area contributed by atoms with Crippen molar-refractivity contribution in [1.29, 1.82) is 0 Å². The standard InChI is InChI=1S/C25H35NO9/c1-12(2)22(31)17(34-16(28)14-7-6-10-26-14)23(32)18(4)11-21(30)19(22,5)25(23,33)24(35-21)15(27)13(3)8-9-20(18,24)29/h6-7,10,12-13,15,17,26-27,29-33H,8-9,11H2,1-5H3/t13-,15+,17?,18-,19+,20-,21?,22-,23+,24?,25+/m0/s1. The van der Waals surface area contributed by atoms with Gasteiger partial charge in [0.05, 0.1) is 11.5 Å². The van der Waals surface area contributed by atoms with Crippen molar-refractivity contribution >= 4 is 5.97 Å². The minimum Gasteiger partial charge on any atom is -0.451 e. The van der Waals surface area contributed by atoms with E-state index in [2.05, 4.69) is 4.98 Å². The smallest absolute Gasteiger partial charge is 0.355 e. The van der Waals surface area contributed by atoms with Crippen LogP contribution in [-0.4, -0.2) is 87.6 Å². The maximum atomic E-state index is 13.2. The lowest BCUT2D eigenvalue weighted by atomic mass is 9.52. The summed E-state index contributed by atoms with van der Waals surface area (Å²) in [6.07, 6.45) is -1.63. The lowest BCUT2D eigenvalue weighted by Gasteiger charge is -2.60. The van der Waals surface area contributed by atoms with Crippen molar-refractivity contribution in [3.8, 4) is 0 Å². The van der Waals surface area contributed by atoms with E-state index in [0.717, 1.165) is 0 Å². The van der Waals surface area contributed by atoms with Gasteiger partial charge in [-0.15, -0.1) is 0 Å². The Morgan fingerprint density at radius 2 is 1.86 bits per heavy atom. The van der Waals surface area contributed by atoms with Crippen LogP contribution >= 0.6 is 0 Å². The topological polar surface area (TPSA) is 173 Å². The van der Waals surface area contributed by atoms with Crippen molar-refractivity contribution < 1.29 is 44.9 Å². The molecule has 0 amide bonds. The molecule has 6 aliphatic rings. The number of aromatic nitrogens is 1. The lowest BCUT2D eigenvalue weighted by molar-refractivity contribution is -0.390. The largest absolute Gasteiger partial charge is 0.451 e. The highest BCUT2D eigenvalue weighted by Crippen LogP contribution is 2.90. The van der Waals surface area contributed by atoms with Crippen LogP contribution in [0.4, 0.5) is 0 Å². The molecule has 10 nitrogen and oxygen atoms in total. The summed E-state index contributed by atoms with van der Waals surface area (Å²) in [5.74, 6) is -4.34. The Morgan fingerprint density at radius 3 is 2.43 bits per heavy atom. The fourth-order valence-electron chi connectivity index (χ4n) is 9.56. The predicted octanol–water partition coefficient (Wildman–Crippen LogP) is -0.188. The molecule has 7 rings (SSSR count). The Hall–Kier alpha value is -1.53. The molecule has 11 atom stereocenters. The van der Waals surface area contributed by atoms with Crippen LogP contribution in [0.1, 0.15) is 64.4 Å². The van der Waals surface area contributed by atoms with Gasteiger partial charge in [0.25, 0.3) is 0 Å². The fourth-order valence-corrected chi connectivity index (χ4v) is 9.56. The summed E-state index contributed by atoms with van der Waals surface area (Å²) < 4.78 is 12.1. The molecule has 7 N–H and O–H groups in total. The number of H-pyrrole nitrogens is 1. The predicted molar refractivity (Wildman–Crippen MR) is 119 cm³/mol. The zero-order chi connectivity index (χ0) is 25.8. The van der Waals surface area contributed by atoms with Crippen LogP contribution in [0.5, 0.6) is 0 Å². The summed E-state index contributed by atoms with van der Waals surface area (Å²) in [6.45, 7) is 7.91. The van der Waals surface area contributed by atoms with E-state index < -0.39 is 74.6 Å². The van der Waals surface area contributed by atoms with E-state index in [0.29, 0.717) is 6.42 Å². The van der Waals surface area contributed by atoms with Crippen LogP contribution in [0.25, 0.3) is 0 Å². The van der Waals surface area contributed by atoms with Gasteiger partial charge in [0, 0.05) is 18.0 Å². The maximum Gasteiger partial charge on any atom is 0.355 e. The Bertz CT molecular complexity index is 1130. The van der Waals surface area contributed by atoms with Gasteiger partial charge in [-0.1, -0.05) is 27.7 Å². The van der Waals surface area contributed by atoms with Gasteiger partial charge in [-0.25, -0.2) is 4.79 Å². The molecule has 0 radical (unpaired) electrons. The van der Waals surface area contributed by atoms with Crippen molar-refractivity contribution in [2.45, 2.75) is 99.9 Å². The molecule has 3 unspecified atom stereocenters. The fraction of sp³-hybridized carbons (Fsp3) is 0.800. The average Bonchev–Trinajstić information content (AvgIpc) is 3.41. The zero-order valence-corrected chi connectivity index (χ0v) is 20.6. The third kappa shape index (κ3) is 1.74. The van der Waals surface area contributed by atoms with Gasteiger partial charge in [0.1, 0.15) is 28.1 Å². The van der Waals surface area contributed by atoms with Crippen LogP contribution in [0.2, 0.25) is 0 Å². The van der Waals surface area contributed by atoms with Crippen molar-refractivity contribution in [3.05, 3.63) is 24.0 Å². The first-order chi connectivity index (χ1) is 16.0. The summed E-state index contributed by atoms with van der Waals surface area (Å²) in [5.41, 5.74) is -15.2. The van der Waals surface area contributed by atoms with Crippen LogP contribution in [-0.2, 0) is 9.47 Å². The van der Waals surface area contributed by atoms with Crippen LogP contribution < -0.4 is 0 Å². The molecule has 2 saturated heterocycles. The monoisotopic (exact) mass is 493 g/mol. The van der Waals surface area contributed by atoms with Gasteiger partial charge in [0.2, 0.25) is 0 Å². The van der Waals surface area contributed by atoms with Gasteiger partial charge >= 0.3 is 5.97 Å². The molecule has 2 aliphatic heterocycles. The van der Waals surface area contributed by atoms with Gasteiger partial charge < -0.3 is 45.1 Å². The first-order valence-corrected chi connectivity index (χ1v) is 12.4. The molecule has 6 fully saturated rings. The second-order valence-electron chi connectivity index (χ2n) is 12.4. The van der Waals surface area contributed by atoms with E-state index in [-0.39, 0.29) is 18.5 Å².